The normalized spacial score (nSPS) is 15.7. The van der Waals surface area contributed by atoms with Crippen molar-refractivity contribution in [3.8, 4) is 5.75 Å². The number of amides is 1. The molecule has 0 radical (unpaired) electrons. The van der Waals surface area contributed by atoms with Gasteiger partial charge < -0.3 is 10.1 Å². The fourth-order valence-corrected chi connectivity index (χ4v) is 3.89. The predicted molar refractivity (Wildman–Crippen MR) is 92.8 cm³/mol. The molecule has 0 fully saturated rings. The van der Waals surface area contributed by atoms with Crippen molar-refractivity contribution in [3.63, 3.8) is 0 Å². The highest BCUT2D eigenvalue weighted by Crippen LogP contribution is 2.38. The number of fused-ring (bicyclic) bond motifs is 1. The summed E-state index contributed by atoms with van der Waals surface area (Å²) in [6.07, 6.45) is 0.642. The number of aryl methyl sites for hydroxylation is 1. The number of methoxy groups -OCH3 is 1. The molecule has 7 heteroatoms. The monoisotopic (exact) mass is 344 g/mol. The van der Waals surface area contributed by atoms with Crippen molar-refractivity contribution in [3.05, 3.63) is 57.6 Å². The van der Waals surface area contributed by atoms with Gasteiger partial charge in [0.15, 0.2) is 0 Å². The lowest BCUT2D eigenvalue weighted by Gasteiger charge is -2.13. The van der Waals surface area contributed by atoms with Gasteiger partial charge in [-0.3, -0.25) is 14.9 Å². The number of non-ortho nitro benzene ring substituents is 1. The second-order valence-corrected chi connectivity index (χ2v) is 6.80. The summed E-state index contributed by atoms with van der Waals surface area (Å²) in [5, 5.41) is 13.4. The molecule has 1 N–H and O–H groups in total. The van der Waals surface area contributed by atoms with Crippen LogP contribution in [0.25, 0.3) is 0 Å². The van der Waals surface area contributed by atoms with Crippen molar-refractivity contribution < 1.29 is 14.5 Å². The van der Waals surface area contributed by atoms with Crippen molar-refractivity contribution in [2.75, 3.05) is 12.4 Å². The number of rotatable bonds is 4. The van der Waals surface area contributed by atoms with Gasteiger partial charge in [0.1, 0.15) is 5.75 Å². The highest BCUT2D eigenvalue weighted by atomic mass is 32.2. The van der Waals surface area contributed by atoms with Crippen LogP contribution in [0.15, 0.2) is 41.3 Å². The maximum Gasteiger partial charge on any atom is 0.271 e. The summed E-state index contributed by atoms with van der Waals surface area (Å²) in [4.78, 5) is 24.1. The van der Waals surface area contributed by atoms with E-state index in [4.69, 9.17) is 4.74 Å². The molecule has 24 heavy (non-hydrogen) atoms. The minimum absolute atomic E-state index is 0.0934. The number of carbonyl (C=O) groups is 1. The summed E-state index contributed by atoms with van der Waals surface area (Å²) < 4.78 is 5.18. The molecule has 0 aliphatic carbocycles. The number of nitro benzene ring substituents is 1. The summed E-state index contributed by atoms with van der Waals surface area (Å²) in [5.41, 5.74) is 2.52. The van der Waals surface area contributed by atoms with Gasteiger partial charge in [-0.1, -0.05) is 17.7 Å². The van der Waals surface area contributed by atoms with Crippen LogP contribution in [0.1, 0.15) is 11.1 Å². The molecule has 1 amide bonds. The van der Waals surface area contributed by atoms with E-state index in [1.54, 1.807) is 0 Å². The first-order chi connectivity index (χ1) is 11.5. The molecule has 0 unspecified atom stereocenters. The number of thioether (sulfide) groups is 1. The highest BCUT2D eigenvalue weighted by molar-refractivity contribution is 8.01. The maximum absolute atomic E-state index is 12.6. The lowest BCUT2D eigenvalue weighted by molar-refractivity contribution is -0.384. The van der Waals surface area contributed by atoms with Gasteiger partial charge in [-0.25, -0.2) is 0 Å². The zero-order valence-corrected chi connectivity index (χ0v) is 14.1. The van der Waals surface area contributed by atoms with Crippen LogP contribution in [0, 0.1) is 17.0 Å². The van der Waals surface area contributed by atoms with E-state index in [0.717, 1.165) is 16.0 Å². The molecule has 2 aromatic carbocycles. The molecule has 0 saturated heterocycles. The number of hydrogen-bond acceptors (Lipinski definition) is 5. The second kappa shape index (κ2) is 6.52. The van der Waals surface area contributed by atoms with Crippen molar-refractivity contribution in [1.82, 2.24) is 0 Å². The minimum Gasteiger partial charge on any atom is -0.495 e. The molecule has 1 aliphatic rings. The lowest BCUT2D eigenvalue weighted by atomic mass is 10.1. The molecule has 1 atom stereocenters. The fraction of sp³-hybridized carbons (Fsp3) is 0.235. The topological polar surface area (TPSA) is 81.5 Å². The van der Waals surface area contributed by atoms with Crippen LogP contribution < -0.4 is 10.1 Å². The molecule has 0 spiro atoms. The highest BCUT2D eigenvalue weighted by Gasteiger charge is 2.29. The molecule has 0 bridgehead atoms. The van der Waals surface area contributed by atoms with E-state index >= 15 is 0 Å². The Morgan fingerprint density at radius 2 is 2.12 bits per heavy atom. The van der Waals surface area contributed by atoms with Crippen LogP contribution in [0.4, 0.5) is 11.4 Å². The zero-order valence-electron chi connectivity index (χ0n) is 13.2. The molecular weight excluding hydrogens is 328 g/mol. The number of benzene rings is 2. The quantitative estimate of drug-likeness (QED) is 0.677. The first-order valence-corrected chi connectivity index (χ1v) is 8.25. The number of carbonyl (C=O) groups excluding carboxylic acids is 1. The van der Waals surface area contributed by atoms with Crippen LogP contribution in [0.3, 0.4) is 0 Å². The fourth-order valence-electron chi connectivity index (χ4n) is 2.60. The summed E-state index contributed by atoms with van der Waals surface area (Å²) in [5.74, 6) is 0.206. The molecule has 3 rings (SSSR count). The number of hydrogen-bond donors (Lipinski definition) is 1. The van der Waals surface area contributed by atoms with Gasteiger partial charge in [0.05, 0.1) is 23.0 Å². The van der Waals surface area contributed by atoms with Gasteiger partial charge in [0.2, 0.25) is 5.91 Å². The van der Waals surface area contributed by atoms with E-state index in [0.29, 0.717) is 17.9 Å². The van der Waals surface area contributed by atoms with E-state index in [9.17, 15) is 14.9 Å². The average Bonchev–Trinajstić information content (AvgIpc) is 2.97. The molecule has 6 nitrogen and oxygen atoms in total. The lowest BCUT2D eigenvalue weighted by Crippen LogP contribution is -2.24. The Bertz CT molecular complexity index is 822. The summed E-state index contributed by atoms with van der Waals surface area (Å²) >= 11 is 1.51. The van der Waals surface area contributed by atoms with E-state index in [1.807, 2.05) is 19.1 Å². The minimum atomic E-state index is -0.502. The van der Waals surface area contributed by atoms with Gasteiger partial charge in [-0.2, -0.15) is 0 Å². The Balaban J connectivity index is 1.78. The van der Waals surface area contributed by atoms with Crippen LogP contribution in [-0.2, 0) is 11.2 Å². The van der Waals surface area contributed by atoms with Gasteiger partial charge in [0, 0.05) is 17.0 Å². The number of ether oxygens (including phenoxy) is 1. The van der Waals surface area contributed by atoms with Gasteiger partial charge in [0.25, 0.3) is 5.69 Å². The summed E-state index contributed by atoms with van der Waals surface area (Å²) in [6, 6.07) is 10.3. The third-order valence-corrected chi connectivity index (χ3v) is 5.14. The van der Waals surface area contributed by atoms with Crippen molar-refractivity contribution in [2.24, 2.45) is 0 Å². The number of nitrogens with one attached hydrogen (secondary N) is 1. The third kappa shape index (κ3) is 3.21. The van der Waals surface area contributed by atoms with Crippen LogP contribution >= 0.6 is 11.8 Å². The second-order valence-electron chi connectivity index (χ2n) is 5.55. The number of nitro groups is 1. The Kier molecular flexibility index (Phi) is 4.44. The van der Waals surface area contributed by atoms with E-state index in [2.05, 4.69) is 11.4 Å². The Morgan fingerprint density at radius 3 is 2.83 bits per heavy atom. The maximum atomic E-state index is 12.6. The van der Waals surface area contributed by atoms with Crippen molar-refractivity contribution in [2.45, 2.75) is 23.5 Å². The molecule has 0 saturated carbocycles. The van der Waals surface area contributed by atoms with Gasteiger partial charge in [-0.05, 0) is 31.0 Å². The van der Waals surface area contributed by atoms with E-state index in [-0.39, 0.29) is 16.8 Å². The van der Waals surface area contributed by atoms with E-state index in [1.165, 1.54) is 37.1 Å². The molecule has 2 aromatic rings. The summed E-state index contributed by atoms with van der Waals surface area (Å²) in [6.45, 7) is 2.02. The van der Waals surface area contributed by atoms with Gasteiger partial charge in [-0.15, -0.1) is 11.8 Å². The predicted octanol–water partition coefficient (Wildman–Crippen LogP) is 3.57. The SMILES string of the molecule is COc1ccc([N+](=O)[O-])cc1NC(=O)[C@@H]1Cc2ccc(C)cc2S1. The van der Waals surface area contributed by atoms with Crippen molar-refractivity contribution >= 4 is 29.0 Å². The molecular formula is C17H16N2O4S. The Labute approximate surface area is 143 Å². The third-order valence-electron chi connectivity index (χ3n) is 3.84. The van der Waals surface area contributed by atoms with Crippen LogP contribution in [-0.4, -0.2) is 23.2 Å². The molecule has 124 valence electrons. The molecule has 1 heterocycles. The smallest absolute Gasteiger partial charge is 0.271 e. The first kappa shape index (κ1) is 16.3. The van der Waals surface area contributed by atoms with Crippen molar-refractivity contribution in [1.29, 1.82) is 0 Å². The number of nitrogens with zero attached hydrogens (tertiary/aromatic N) is 1. The van der Waals surface area contributed by atoms with E-state index < -0.39 is 4.92 Å². The first-order valence-electron chi connectivity index (χ1n) is 7.37. The average molecular weight is 344 g/mol. The summed E-state index contributed by atoms with van der Waals surface area (Å²) in [7, 11) is 1.46. The standard InChI is InChI=1S/C17H16N2O4S/c1-10-3-4-11-8-16(24-15(11)7-10)17(20)18-13-9-12(19(21)22)5-6-14(13)23-2/h3-7,9,16H,8H2,1-2H3,(H,18,20)/t16-/m0/s1. The zero-order chi connectivity index (χ0) is 17.3. The van der Waals surface area contributed by atoms with Crippen LogP contribution in [0.5, 0.6) is 5.75 Å². The number of anilines is 1. The molecule has 1 aliphatic heterocycles. The molecule has 0 aromatic heterocycles. The largest absolute Gasteiger partial charge is 0.495 e. The Hall–Kier alpha value is -2.54. The Morgan fingerprint density at radius 1 is 1.33 bits per heavy atom. The van der Waals surface area contributed by atoms with Gasteiger partial charge >= 0.3 is 0 Å². The van der Waals surface area contributed by atoms with Crippen LogP contribution in [0.2, 0.25) is 0 Å².